The SMILES string of the molecule is CC(C)OC[C@@]12CCCN1CC[C@@H]2F. The van der Waals surface area contributed by atoms with Gasteiger partial charge in [-0.3, -0.25) is 4.90 Å². The molecule has 3 heteroatoms. The van der Waals surface area contributed by atoms with E-state index in [1.807, 2.05) is 13.8 Å². The predicted octanol–water partition coefficient (Wildman–Crippen LogP) is 1.99. The summed E-state index contributed by atoms with van der Waals surface area (Å²) in [6.07, 6.45) is 2.33. The van der Waals surface area contributed by atoms with Gasteiger partial charge in [0.1, 0.15) is 6.17 Å². The molecule has 0 amide bonds. The molecule has 0 N–H and O–H groups in total. The summed E-state index contributed by atoms with van der Waals surface area (Å²) in [5.41, 5.74) is -0.260. The molecule has 2 aliphatic heterocycles. The van der Waals surface area contributed by atoms with Crippen LogP contribution in [0, 0.1) is 0 Å². The summed E-state index contributed by atoms with van der Waals surface area (Å²) in [7, 11) is 0. The molecular formula is C11H20FNO. The van der Waals surface area contributed by atoms with Crippen LogP contribution < -0.4 is 0 Å². The first-order chi connectivity index (χ1) is 6.65. The van der Waals surface area contributed by atoms with Gasteiger partial charge in [-0.05, 0) is 39.7 Å². The van der Waals surface area contributed by atoms with Gasteiger partial charge in [0, 0.05) is 6.54 Å². The van der Waals surface area contributed by atoms with E-state index in [0.29, 0.717) is 13.0 Å². The fraction of sp³-hybridized carbons (Fsp3) is 1.00. The molecule has 0 spiro atoms. The molecule has 14 heavy (non-hydrogen) atoms. The van der Waals surface area contributed by atoms with E-state index < -0.39 is 6.17 Å². The van der Waals surface area contributed by atoms with E-state index in [1.165, 1.54) is 0 Å². The number of hydrogen-bond donors (Lipinski definition) is 0. The summed E-state index contributed by atoms with van der Waals surface area (Å²) in [6.45, 7) is 6.58. The second-order valence-corrected chi connectivity index (χ2v) is 4.81. The first-order valence-electron chi connectivity index (χ1n) is 5.66. The molecule has 2 atom stereocenters. The summed E-state index contributed by atoms with van der Waals surface area (Å²) in [5, 5.41) is 0. The molecule has 0 aromatic rings. The number of halogens is 1. The van der Waals surface area contributed by atoms with Crippen molar-refractivity contribution in [3.63, 3.8) is 0 Å². The van der Waals surface area contributed by atoms with E-state index in [2.05, 4.69) is 4.90 Å². The Labute approximate surface area is 85.4 Å². The number of fused-ring (bicyclic) bond motifs is 1. The van der Waals surface area contributed by atoms with Crippen molar-refractivity contribution in [2.24, 2.45) is 0 Å². The summed E-state index contributed by atoms with van der Waals surface area (Å²) in [4.78, 5) is 2.29. The maximum Gasteiger partial charge on any atom is 0.122 e. The smallest absolute Gasteiger partial charge is 0.122 e. The lowest BCUT2D eigenvalue weighted by atomic mass is 9.93. The number of hydrogen-bond acceptors (Lipinski definition) is 2. The van der Waals surface area contributed by atoms with Crippen LogP contribution in [0.25, 0.3) is 0 Å². The van der Waals surface area contributed by atoms with Crippen LogP contribution in [-0.4, -0.2) is 42.4 Å². The van der Waals surface area contributed by atoms with Gasteiger partial charge in [-0.2, -0.15) is 0 Å². The number of alkyl halides is 1. The Hall–Kier alpha value is -0.150. The molecule has 2 heterocycles. The van der Waals surface area contributed by atoms with Crippen LogP contribution in [0.3, 0.4) is 0 Å². The quantitative estimate of drug-likeness (QED) is 0.692. The molecule has 2 fully saturated rings. The zero-order valence-electron chi connectivity index (χ0n) is 9.13. The molecule has 0 bridgehead atoms. The van der Waals surface area contributed by atoms with Crippen LogP contribution in [0.2, 0.25) is 0 Å². The van der Waals surface area contributed by atoms with Crippen molar-refractivity contribution in [3.8, 4) is 0 Å². The van der Waals surface area contributed by atoms with Crippen LogP contribution in [0.4, 0.5) is 4.39 Å². The minimum Gasteiger partial charge on any atom is -0.377 e. The Bertz CT molecular complexity index is 209. The highest BCUT2D eigenvalue weighted by molar-refractivity contribution is 5.06. The van der Waals surface area contributed by atoms with Crippen molar-refractivity contribution in [1.82, 2.24) is 4.90 Å². The van der Waals surface area contributed by atoms with Crippen LogP contribution in [-0.2, 0) is 4.74 Å². The topological polar surface area (TPSA) is 12.5 Å². The van der Waals surface area contributed by atoms with Gasteiger partial charge in [0.2, 0.25) is 0 Å². The largest absolute Gasteiger partial charge is 0.377 e. The highest BCUT2D eigenvalue weighted by Gasteiger charge is 2.52. The standard InChI is InChI=1S/C11H20FNO/c1-9(2)14-8-11-5-3-6-13(11)7-4-10(11)12/h9-10H,3-8H2,1-2H3/t10-,11+/m0/s1. The molecule has 2 nitrogen and oxygen atoms in total. The molecule has 0 radical (unpaired) electrons. The highest BCUT2D eigenvalue weighted by Crippen LogP contribution is 2.41. The van der Waals surface area contributed by atoms with Crippen molar-refractivity contribution in [2.45, 2.75) is 50.9 Å². The fourth-order valence-corrected chi connectivity index (χ4v) is 2.75. The second kappa shape index (κ2) is 3.78. The van der Waals surface area contributed by atoms with Gasteiger partial charge in [-0.1, -0.05) is 0 Å². The Morgan fingerprint density at radius 2 is 2.29 bits per heavy atom. The molecule has 2 rings (SSSR count). The third-order valence-electron chi connectivity index (χ3n) is 3.57. The van der Waals surface area contributed by atoms with Crippen LogP contribution in [0.1, 0.15) is 33.1 Å². The van der Waals surface area contributed by atoms with Crippen molar-refractivity contribution in [3.05, 3.63) is 0 Å². The number of nitrogens with zero attached hydrogens (tertiary/aromatic N) is 1. The predicted molar refractivity (Wildman–Crippen MR) is 54.1 cm³/mol. The first-order valence-corrected chi connectivity index (χ1v) is 5.66. The Balaban J connectivity index is 2.02. The fourth-order valence-electron chi connectivity index (χ4n) is 2.75. The molecule has 0 aromatic carbocycles. The van der Waals surface area contributed by atoms with Gasteiger partial charge in [0.15, 0.2) is 0 Å². The van der Waals surface area contributed by atoms with Crippen molar-refractivity contribution in [1.29, 1.82) is 0 Å². The minimum atomic E-state index is -0.677. The third-order valence-corrected chi connectivity index (χ3v) is 3.57. The van der Waals surface area contributed by atoms with E-state index >= 15 is 0 Å². The maximum absolute atomic E-state index is 13.9. The number of rotatable bonds is 3. The summed E-state index contributed by atoms with van der Waals surface area (Å²) in [5.74, 6) is 0. The average Bonchev–Trinajstić information content (AvgIpc) is 2.65. The monoisotopic (exact) mass is 201 g/mol. The van der Waals surface area contributed by atoms with Gasteiger partial charge in [0.05, 0.1) is 18.2 Å². The van der Waals surface area contributed by atoms with Crippen LogP contribution in [0.5, 0.6) is 0 Å². The van der Waals surface area contributed by atoms with Gasteiger partial charge in [-0.25, -0.2) is 4.39 Å². The second-order valence-electron chi connectivity index (χ2n) is 4.81. The van der Waals surface area contributed by atoms with Crippen molar-refractivity contribution >= 4 is 0 Å². The molecule has 2 saturated heterocycles. The lowest BCUT2D eigenvalue weighted by molar-refractivity contribution is -0.0212. The first kappa shape index (κ1) is 10.4. The Morgan fingerprint density at radius 1 is 1.50 bits per heavy atom. The number of ether oxygens (including phenoxy) is 1. The zero-order chi connectivity index (χ0) is 10.2. The van der Waals surface area contributed by atoms with Crippen molar-refractivity contribution in [2.75, 3.05) is 19.7 Å². The van der Waals surface area contributed by atoms with Gasteiger partial charge < -0.3 is 4.74 Å². The summed E-state index contributed by atoms with van der Waals surface area (Å²) >= 11 is 0. The molecule has 0 unspecified atom stereocenters. The third kappa shape index (κ3) is 1.57. The minimum absolute atomic E-state index is 0.208. The van der Waals surface area contributed by atoms with E-state index in [9.17, 15) is 4.39 Å². The Morgan fingerprint density at radius 3 is 3.00 bits per heavy atom. The molecule has 82 valence electrons. The summed E-state index contributed by atoms with van der Waals surface area (Å²) in [6, 6.07) is 0. The van der Waals surface area contributed by atoms with Crippen LogP contribution in [0.15, 0.2) is 0 Å². The Kier molecular flexibility index (Phi) is 2.80. The molecule has 0 aromatic heterocycles. The highest BCUT2D eigenvalue weighted by atomic mass is 19.1. The molecular weight excluding hydrogens is 181 g/mol. The van der Waals surface area contributed by atoms with E-state index in [4.69, 9.17) is 4.74 Å². The zero-order valence-corrected chi connectivity index (χ0v) is 9.13. The van der Waals surface area contributed by atoms with E-state index in [-0.39, 0.29) is 11.6 Å². The lowest BCUT2D eigenvalue weighted by Gasteiger charge is -2.34. The molecule has 2 aliphatic rings. The van der Waals surface area contributed by atoms with Gasteiger partial charge in [-0.15, -0.1) is 0 Å². The summed E-state index contributed by atoms with van der Waals surface area (Å²) < 4.78 is 19.5. The van der Waals surface area contributed by atoms with Gasteiger partial charge >= 0.3 is 0 Å². The van der Waals surface area contributed by atoms with Gasteiger partial charge in [0.25, 0.3) is 0 Å². The maximum atomic E-state index is 13.9. The normalized spacial score (nSPS) is 38.1. The molecule has 0 aliphatic carbocycles. The lowest BCUT2D eigenvalue weighted by Crippen LogP contribution is -2.48. The molecule has 0 saturated carbocycles. The van der Waals surface area contributed by atoms with E-state index in [0.717, 1.165) is 25.9 Å². The van der Waals surface area contributed by atoms with Crippen LogP contribution >= 0.6 is 0 Å². The van der Waals surface area contributed by atoms with Crippen molar-refractivity contribution < 1.29 is 9.13 Å². The average molecular weight is 201 g/mol. The van der Waals surface area contributed by atoms with E-state index in [1.54, 1.807) is 0 Å².